The van der Waals surface area contributed by atoms with Crippen molar-refractivity contribution in [2.45, 2.75) is 102 Å². The van der Waals surface area contributed by atoms with Crippen LogP contribution in [0.2, 0.25) is 0 Å². The molecule has 0 aromatic heterocycles. The Labute approximate surface area is 181 Å². The van der Waals surface area contributed by atoms with Crippen LogP contribution in [0, 0.1) is 0 Å². The summed E-state index contributed by atoms with van der Waals surface area (Å²) in [6.45, 7) is 1.97. The van der Waals surface area contributed by atoms with Crippen LogP contribution in [0.1, 0.15) is 84.0 Å². The van der Waals surface area contributed by atoms with Crippen molar-refractivity contribution < 1.29 is 29.3 Å². The molecule has 30 heavy (non-hydrogen) atoms. The van der Waals surface area contributed by atoms with Crippen molar-refractivity contribution in [3.63, 3.8) is 0 Å². The first kappa shape index (κ1) is 26.5. The fraction of sp³-hybridized carbons (Fsp3) is 0.750. The maximum Gasteiger partial charge on any atom is 0.378 e. The number of Topliss-reactive ketones (excluding diaryl/α,β-unsaturated/α-hetero) is 1. The first-order valence-corrected chi connectivity index (χ1v) is 11.6. The second-order valence-corrected chi connectivity index (χ2v) is 7.86. The summed E-state index contributed by atoms with van der Waals surface area (Å²) in [5.41, 5.74) is 0. The second kappa shape index (κ2) is 17.2. The van der Waals surface area contributed by atoms with E-state index >= 15 is 0 Å². The molecule has 1 saturated heterocycles. The van der Waals surface area contributed by atoms with Gasteiger partial charge < -0.3 is 19.7 Å². The minimum absolute atomic E-state index is 0.330. The maximum absolute atomic E-state index is 11.7. The number of esters is 1. The molecule has 0 spiro atoms. The molecule has 0 radical (unpaired) electrons. The number of hydrogen-bond donors (Lipinski definition) is 2. The summed E-state index contributed by atoms with van der Waals surface area (Å²) in [5.74, 6) is -1.79. The Kier molecular flexibility index (Phi) is 15.2. The molecule has 6 heteroatoms. The molecule has 3 atom stereocenters. The molecule has 1 rings (SSSR count). The highest BCUT2D eigenvalue weighted by Gasteiger charge is 2.47. The third-order valence-electron chi connectivity index (χ3n) is 5.21. The number of ether oxygens (including phenoxy) is 2. The Morgan fingerprint density at radius 3 is 2.17 bits per heavy atom. The van der Waals surface area contributed by atoms with E-state index in [0.717, 1.165) is 32.1 Å². The van der Waals surface area contributed by atoms with Crippen molar-refractivity contribution in [3.8, 4) is 0 Å². The average Bonchev–Trinajstić information content (AvgIpc) is 3.03. The van der Waals surface area contributed by atoms with Crippen molar-refractivity contribution in [1.29, 1.82) is 0 Å². The monoisotopic (exact) mass is 424 g/mol. The molecule has 6 nitrogen and oxygen atoms in total. The number of rotatable bonds is 18. The molecule has 0 saturated carbocycles. The van der Waals surface area contributed by atoms with Gasteiger partial charge in [0.25, 0.3) is 5.78 Å². The van der Waals surface area contributed by atoms with E-state index < -0.39 is 36.7 Å². The summed E-state index contributed by atoms with van der Waals surface area (Å²) < 4.78 is 10.2. The van der Waals surface area contributed by atoms with Gasteiger partial charge in [-0.15, -0.1) is 0 Å². The SMILES string of the molecule is CCCCCC=CCC=CCCCCCCCCOC1C(=O)C(=O)O[C@@H]1[C@@H](O)CO. The zero-order chi connectivity index (χ0) is 22.0. The zero-order valence-electron chi connectivity index (χ0n) is 18.5. The van der Waals surface area contributed by atoms with Gasteiger partial charge in [0.05, 0.1) is 6.61 Å². The Balaban J connectivity index is 1.97. The van der Waals surface area contributed by atoms with Gasteiger partial charge in [-0.1, -0.05) is 69.8 Å². The van der Waals surface area contributed by atoms with Crippen LogP contribution in [0.3, 0.4) is 0 Å². The summed E-state index contributed by atoms with van der Waals surface area (Å²) in [7, 11) is 0. The summed E-state index contributed by atoms with van der Waals surface area (Å²) in [6, 6.07) is 0. The van der Waals surface area contributed by atoms with E-state index in [9.17, 15) is 14.7 Å². The lowest BCUT2D eigenvalue weighted by Crippen LogP contribution is -2.41. The molecule has 1 fully saturated rings. The molecule has 0 aromatic carbocycles. The van der Waals surface area contributed by atoms with E-state index in [1.807, 2.05) is 0 Å². The molecule has 1 aliphatic rings. The number of hydrogen-bond acceptors (Lipinski definition) is 6. The number of allylic oxidation sites excluding steroid dienone is 4. The van der Waals surface area contributed by atoms with E-state index in [-0.39, 0.29) is 0 Å². The highest BCUT2D eigenvalue weighted by molar-refractivity contribution is 6.37. The molecule has 0 aliphatic carbocycles. The number of unbranched alkanes of at least 4 members (excludes halogenated alkanes) is 9. The quantitative estimate of drug-likeness (QED) is 0.149. The van der Waals surface area contributed by atoms with E-state index in [1.165, 1.54) is 44.9 Å². The lowest BCUT2D eigenvalue weighted by molar-refractivity contribution is -0.152. The van der Waals surface area contributed by atoms with Crippen LogP contribution >= 0.6 is 0 Å². The largest absolute Gasteiger partial charge is 0.450 e. The third-order valence-corrected chi connectivity index (χ3v) is 5.21. The second-order valence-electron chi connectivity index (χ2n) is 7.86. The Morgan fingerprint density at radius 2 is 1.53 bits per heavy atom. The van der Waals surface area contributed by atoms with E-state index in [0.29, 0.717) is 6.61 Å². The number of carbonyl (C=O) groups excluding carboxylic acids is 2. The number of carbonyl (C=O) groups is 2. The van der Waals surface area contributed by atoms with Gasteiger partial charge in [0.15, 0.2) is 12.2 Å². The normalized spacial score (nSPS) is 20.5. The van der Waals surface area contributed by atoms with Gasteiger partial charge in [-0.3, -0.25) is 4.79 Å². The molecular weight excluding hydrogens is 384 g/mol. The van der Waals surface area contributed by atoms with Crippen LogP contribution in [0.5, 0.6) is 0 Å². The Morgan fingerprint density at radius 1 is 0.933 bits per heavy atom. The van der Waals surface area contributed by atoms with Crippen molar-refractivity contribution in [2.24, 2.45) is 0 Å². The predicted molar refractivity (Wildman–Crippen MR) is 117 cm³/mol. The summed E-state index contributed by atoms with van der Waals surface area (Å²) in [4.78, 5) is 23.1. The zero-order valence-corrected chi connectivity index (χ0v) is 18.5. The molecule has 0 aromatic rings. The molecule has 0 bridgehead atoms. The van der Waals surface area contributed by atoms with Crippen LogP contribution in [0.4, 0.5) is 0 Å². The Hall–Kier alpha value is -1.50. The van der Waals surface area contributed by atoms with E-state index in [2.05, 4.69) is 31.2 Å². The van der Waals surface area contributed by atoms with Gasteiger partial charge in [0.2, 0.25) is 0 Å². The van der Waals surface area contributed by atoms with Gasteiger partial charge in [-0.05, 0) is 38.5 Å². The molecule has 0 amide bonds. The van der Waals surface area contributed by atoms with Crippen LogP contribution in [0.25, 0.3) is 0 Å². The molecule has 2 N–H and O–H groups in total. The smallest absolute Gasteiger partial charge is 0.378 e. The fourth-order valence-corrected chi connectivity index (χ4v) is 3.36. The topological polar surface area (TPSA) is 93.1 Å². The summed E-state index contributed by atoms with van der Waals surface area (Å²) in [5, 5.41) is 18.6. The van der Waals surface area contributed by atoms with Crippen LogP contribution in [0.15, 0.2) is 24.3 Å². The lowest BCUT2D eigenvalue weighted by atomic mass is 10.1. The maximum atomic E-state index is 11.7. The minimum atomic E-state index is -1.30. The van der Waals surface area contributed by atoms with Crippen molar-refractivity contribution in [2.75, 3.05) is 13.2 Å². The van der Waals surface area contributed by atoms with Crippen molar-refractivity contribution in [1.82, 2.24) is 0 Å². The fourth-order valence-electron chi connectivity index (χ4n) is 3.36. The third kappa shape index (κ3) is 11.0. The molecule has 1 aliphatic heterocycles. The molecule has 172 valence electrons. The van der Waals surface area contributed by atoms with Crippen LogP contribution < -0.4 is 0 Å². The van der Waals surface area contributed by atoms with E-state index in [4.69, 9.17) is 14.6 Å². The van der Waals surface area contributed by atoms with Gasteiger partial charge >= 0.3 is 5.97 Å². The average molecular weight is 425 g/mol. The van der Waals surface area contributed by atoms with Crippen molar-refractivity contribution >= 4 is 11.8 Å². The first-order chi connectivity index (χ1) is 14.6. The molecule has 1 unspecified atom stereocenters. The standard InChI is InChI=1S/C24H40O6/c1-2-3-4-5-6-7-8-9-10-11-12-13-14-15-16-17-18-29-23-21(27)24(28)30-22(23)20(26)19-25/h6-7,9-10,20,22-23,25-26H,2-5,8,11-19H2,1H3/t20-,22+,23?/m0/s1. The number of aliphatic hydroxyl groups is 2. The lowest BCUT2D eigenvalue weighted by Gasteiger charge is -2.20. The number of ketones is 1. The van der Waals surface area contributed by atoms with Crippen LogP contribution in [-0.4, -0.2) is 53.5 Å². The summed E-state index contributed by atoms with van der Waals surface area (Å²) in [6.07, 6.45) is 19.2. The first-order valence-electron chi connectivity index (χ1n) is 11.6. The van der Waals surface area contributed by atoms with Gasteiger partial charge in [-0.2, -0.15) is 0 Å². The molecule has 1 heterocycles. The highest BCUT2D eigenvalue weighted by Crippen LogP contribution is 2.19. The van der Waals surface area contributed by atoms with Gasteiger partial charge in [0, 0.05) is 6.61 Å². The van der Waals surface area contributed by atoms with Gasteiger partial charge in [-0.25, -0.2) is 4.79 Å². The Bertz CT molecular complexity index is 528. The number of cyclic esters (lactones) is 1. The molecular formula is C24H40O6. The summed E-state index contributed by atoms with van der Waals surface area (Å²) >= 11 is 0. The minimum Gasteiger partial charge on any atom is -0.450 e. The number of aliphatic hydroxyl groups excluding tert-OH is 2. The van der Waals surface area contributed by atoms with Crippen molar-refractivity contribution in [3.05, 3.63) is 24.3 Å². The van der Waals surface area contributed by atoms with Crippen LogP contribution in [-0.2, 0) is 19.1 Å². The predicted octanol–water partition coefficient (Wildman–Crippen LogP) is 4.03. The van der Waals surface area contributed by atoms with Gasteiger partial charge in [0.1, 0.15) is 6.10 Å². The highest BCUT2D eigenvalue weighted by atomic mass is 16.6. The van der Waals surface area contributed by atoms with E-state index in [1.54, 1.807) is 0 Å².